The molecule has 0 atom stereocenters. The van der Waals surface area contributed by atoms with E-state index in [1.807, 2.05) is 6.07 Å². The number of carbonyl (C=O) groups excluding carboxylic acids is 1. The summed E-state index contributed by atoms with van der Waals surface area (Å²) < 4.78 is 11.9. The molecule has 4 nitrogen and oxygen atoms in total. The topological polar surface area (TPSA) is 47.6 Å². The van der Waals surface area contributed by atoms with Crippen LogP contribution in [-0.4, -0.2) is 19.6 Å². The van der Waals surface area contributed by atoms with Crippen LogP contribution in [0.4, 0.5) is 5.69 Å². The molecule has 0 aliphatic carbocycles. The first kappa shape index (κ1) is 21.6. The number of nitrogens with one attached hydrogen (secondary N) is 1. The van der Waals surface area contributed by atoms with Crippen molar-refractivity contribution < 1.29 is 14.3 Å². The van der Waals surface area contributed by atoms with Crippen molar-refractivity contribution in [2.24, 2.45) is 0 Å². The zero-order chi connectivity index (χ0) is 20.0. The molecule has 0 saturated carbocycles. The lowest BCUT2D eigenvalue weighted by Gasteiger charge is -2.20. The predicted molar refractivity (Wildman–Crippen MR) is 114 cm³/mol. The maximum Gasteiger partial charge on any atom is 0.224 e. The lowest BCUT2D eigenvalue weighted by Crippen LogP contribution is -2.14. The number of benzene rings is 2. The molecule has 0 saturated heterocycles. The monoisotopic (exact) mass is 453 g/mol. The Labute approximate surface area is 174 Å². The van der Waals surface area contributed by atoms with E-state index in [9.17, 15) is 4.79 Å². The molecule has 0 heterocycles. The maximum atomic E-state index is 12.2. The lowest BCUT2D eigenvalue weighted by molar-refractivity contribution is -0.116. The molecule has 0 spiro atoms. The van der Waals surface area contributed by atoms with Crippen LogP contribution in [0.2, 0.25) is 5.02 Å². The molecule has 0 bridgehead atoms. The van der Waals surface area contributed by atoms with Crippen LogP contribution in [0.3, 0.4) is 0 Å². The largest absolute Gasteiger partial charge is 0.495 e. The van der Waals surface area contributed by atoms with Crippen LogP contribution in [0.25, 0.3) is 0 Å². The number of carbonyl (C=O) groups is 1. The minimum atomic E-state index is -0.110. The standard InChI is InChI=1S/C21H25BrClNO3/c1-21(2,3)14-7-9-18(16(22)12-14)27-11-5-6-20(25)24-17-13-15(23)8-10-19(17)26-4/h7-10,12-13H,5-6,11H2,1-4H3,(H,24,25). The van der Waals surface area contributed by atoms with Crippen molar-refractivity contribution in [1.29, 1.82) is 0 Å². The third kappa shape index (κ3) is 6.43. The van der Waals surface area contributed by atoms with Crippen LogP contribution in [0, 0.1) is 0 Å². The molecule has 0 aromatic heterocycles. The summed E-state index contributed by atoms with van der Waals surface area (Å²) in [4.78, 5) is 12.2. The number of methoxy groups -OCH3 is 1. The van der Waals surface area contributed by atoms with Gasteiger partial charge in [-0.1, -0.05) is 38.4 Å². The van der Waals surface area contributed by atoms with Gasteiger partial charge in [-0.2, -0.15) is 0 Å². The first-order valence-corrected chi connectivity index (χ1v) is 9.94. The van der Waals surface area contributed by atoms with E-state index in [0.29, 0.717) is 35.9 Å². The summed E-state index contributed by atoms with van der Waals surface area (Å²) in [6.07, 6.45) is 0.940. The summed E-state index contributed by atoms with van der Waals surface area (Å²) in [5.74, 6) is 1.24. The molecule has 2 rings (SSSR count). The fourth-order valence-corrected chi connectivity index (χ4v) is 3.16. The average Bonchev–Trinajstić information content (AvgIpc) is 2.59. The van der Waals surface area contributed by atoms with E-state index in [2.05, 4.69) is 54.2 Å². The van der Waals surface area contributed by atoms with Gasteiger partial charge in [-0.15, -0.1) is 0 Å². The maximum absolute atomic E-state index is 12.2. The van der Waals surface area contributed by atoms with Crippen LogP contribution in [-0.2, 0) is 10.2 Å². The Morgan fingerprint density at radius 1 is 1.15 bits per heavy atom. The number of hydrogen-bond donors (Lipinski definition) is 1. The van der Waals surface area contributed by atoms with Crippen LogP contribution < -0.4 is 14.8 Å². The second kappa shape index (κ2) is 9.47. The Morgan fingerprint density at radius 2 is 1.85 bits per heavy atom. The molecule has 6 heteroatoms. The van der Waals surface area contributed by atoms with Gasteiger partial charge >= 0.3 is 0 Å². The number of hydrogen-bond acceptors (Lipinski definition) is 3. The number of rotatable bonds is 7. The SMILES string of the molecule is COc1ccc(Cl)cc1NC(=O)CCCOc1ccc(C(C)(C)C)cc1Br. The van der Waals surface area contributed by atoms with Crippen molar-refractivity contribution in [1.82, 2.24) is 0 Å². The third-order valence-corrected chi connectivity index (χ3v) is 4.89. The van der Waals surface area contributed by atoms with Gasteiger partial charge in [-0.05, 0) is 63.7 Å². The van der Waals surface area contributed by atoms with E-state index in [4.69, 9.17) is 21.1 Å². The van der Waals surface area contributed by atoms with Gasteiger partial charge in [0.25, 0.3) is 0 Å². The summed E-state index contributed by atoms with van der Waals surface area (Å²) in [5, 5.41) is 3.36. The van der Waals surface area contributed by atoms with Crippen molar-refractivity contribution >= 4 is 39.1 Å². The number of ether oxygens (including phenoxy) is 2. The molecule has 0 radical (unpaired) electrons. The quantitative estimate of drug-likeness (QED) is 0.506. The van der Waals surface area contributed by atoms with Crippen LogP contribution >= 0.6 is 27.5 Å². The van der Waals surface area contributed by atoms with Gasteiger partial charge in [0.2, 0.25) is 5.91 Å². The molecular formula is C21H25BrClNO3. The van der Waals surface area contributed by atoms with Gasteiger partial charge in [-0.3, -0.25) is 4.79 Å². The molecule has 0 fully saturated rings. The normalized spacial score (nSPS) is 11.2. The fourth-order valence-electron chi connectivity index (χ4n) is 2.49. The van der Waals surface area contributed by atoms with Crippen molar-refractivity contribution in [3.05, 3.63) is 51.5 Å². The smallest absolute Gasteiger partial charge is 0.224 e. The fraction of sp³-hybridized carbons (Fsp3) is 0.381. The van der Waals surface area contributed by atoms with Crippen LogP contribution in [0.1, 0.15) is 39.2 Å². The van der Waals surface area contributed by atoms with Gasteiger partial charge in [0.15, 0.2) is 0 Å². The minimum Gasteiger partial charge on any atom is -0.495 e. The molecule has 0 unspecified atom stereocenters. The molecular weight excluding hydrogens is 430 g/mol. The Kier molecular flexibility index (Phi) is 7.57. The van der Waals surface area contributed by atoms with Crippen molar-refractivity contribution in [2.45, 2.75) is 39.0 Å². The van der Waals surface area contributed by atoms with Crippen LogP contribution in [0.5, 0.6) is 11.5 Å². The zero-order valence-electron chi connectivity index (χ0n) is 16.1. The average molecular weight is 455 g/mol. The number of halogens is 2. The van der Waals surface area contributed by atoms with E-state index >= 15 is 0 Å². The molecule has 146 valence electrons. The third-order valence-electron chi connectivity index (χ3n) is 4.04. The Hall–Kier alpha value is -1.72. The summed E-state index contributed by atoms with van der Waals surface area (Å²) in [6, 6.07) is 11.2. The van der Waals surface area contributed by atoms with Crippen molar-refractivity contribution in [2.75, 3.05) is 19.0 Å². The number of amides is 1. The number of anilines is 1. The first-order chi connectivity index (χ1) is 12.7. The van der Waals surface area contributed by atoms with E-state index in [-0.39, 0.29) is 11.3 Å². The Morgan fingerprint density at radius 3 is 2.48 bits per heavy atom. The van der Waals surface area contributed by atoms with Gasteiger partial charge in [0.05, 0.1) is 23.9 Å². The highest BCUT2D eigenvalue weighted by molar-refractivity contribution is 9.10. The van der Waals surface area contributed by atoms with E-state index < -0.39 is 0 Å². The molecule has 2 aromatic carbocycles. The lowest BCUT2D eigenvalue weighted by atomic mass is 9.87. The summed E-state index contributed by atoms with van der Waals surface area (Å²) >= 11 is 9.53. The second-order valence-corrected chi connectivity index (χ2v) is 8.53. The van der Waals surface area contributed by atoms with Gasteiger partial charge < -0.3 is 14.8 Å². The second-order valence-electron chi connectivity index (χ2n) is 7.24. The summed E-state index contributed by atoms with van der Waals surface area (Å²) in [7, 11) is 1.55. The predicted octanol–water partition coefficient (Wildman–Crippen LogP) is 6.21. The Balaban J connectivity index is 1.83. The van der Waals surface area contributed by atoms with Crippen LogP contribution in [0.15, 0.2) is 40.9 Å². The highest BCUT2D eigenvalue weighted by Gasteiger charge is 2.15. The van der Waals surface area contributed by atoms with E-state index in [0.717, 1.165) is 10.2 Å². The summed E-state index contributed by atoms with van der Waals surface area (Å²) in [5.41, 5.74) is 1.88. The van der Waals surface area contributed by atoms with Gasteiger partial charge in [-0.25, -0.2) is 0 Å². The van der Waals surface area contributed by atoms with E-state index in [1.54, 1.807) is 25.3 Å². The molecule has 0 aliphatic rings. The highest BCUT2D eigenvalue weighted by atomic mass is 79.9. The molecule has 1 amide bonds. The van der Waals surface area contributed by atoms with Gasteiger partial charge in [0.1, 0.15) is 11.5 Å². The molecule has 27 heavy (non-hydrogen) atoms. The highest BCUT2D eigenvalue weighted by Crippen LogP contribution is 2.31. The van der Waals surface area contributed by atoms with Crippen molar-refractivity contribution in [3.63, 3.8) is 0 Å². The Bertz CT molecular complexity index is 802. The first-order valence-electron chi connectivity index (χ1n) is 8.77. The molecule has 0 aliphatic heterocycles. The van der Waals surface area contributed by atoms with Gasteiger partial charge in [0, 0.05) is 11.4 Å². The minimum absolute atomic E-state index is 0.0839. The molecule has 1 N–H and O–H groups in total. The van der Waals surface area contributed by atoms with E-state index in [1.165, 1.54) is 5.56 Å². The summed E-state index contributed by atoms with van der Waals surface area (Å²) in [6.45, 7) is 6.96. The van der Waals surface area contributed by atoms with Crippen molar-refractivity contribution in [3.8, 4) is 11.5 Å². The zero-order valence-corrected chi connectivity index (χ0v) is 18.4. The molecule has 2 aromatic rings.